The number of benzene rings is 1. The first-order valence-electron chi connectivity index (χ1n) is 15.2. The zero-order valence-electron chi connectivity index (χ0n) is 25.8. The number of unbranched alkanes of at least 4 members (excludes halogenated alkanes) is 2. The predicted molar refractivity (Wildman–Crippen MR) is 159 cm³/mol. The first-order valence-corrected chi connectivity index (χ1v) is 16.8. The Bertz CT molecular complexity index is 1100. The molecule has 0 radical (unpaired) electrons. The van der Waals surface area contributed by atoms with E-state index in [0.29, 0.717) is 38.5 Å². The van der Waals surface area contributed by atoms with Gasteiger partial charge in [-0.1, -0.05) is 50.6 Å². The van der Waals surface area contributed by atoms with E-state index in [-0.39, 0.29) is 39.0 Å². The van der Waals surface area contributed by atoms with Gasteiger partial charge in [0.2, 0.25) is 5.85 Å². The van der Waals surface area contributed by atoms with Crippen molar-refractivity contribution >= 4 is 31.7 Å². The molecule has 0 bridgehead atoms. The van der Waals surface area contributed by atoms with Crippen molar-refractivity contribution in [1.29, 1.82) is 0 Å². The van der Waals surface area contributed by atoms with E-state index in [4.69, 9.17) is 18.5 Å². The molecule has 1 aromatic carbocycles. The van der Waals surface area contributed by atoms with Crippen LogP contribution in [0.4, 0.5) is 9.59 Å². The molecule has 0 aliphatic carbocycles. The number of nitrogens with one attached hydrogen (secondary N) is 1. The molecule has 0 saturated carbocycles. The highest BCUT2D eigenvalue weighted by atomic mass is 31.2. The second-order valence-corrected chi connectivity index (χ2v) is 13.1. The minimum absolute atomic E-state index is 0.0241. The molecule has 3 unspecified atom stereocenters. The fourth-order valence-electron chi connectivity index (χ4n) is 5.16. The van der Waals surface area contributed by atoms with Crippen LogP contribution in [0.5, 0.6) is 0 Å². The molecule has 5 atom stereocenters. The van der Waals surface area contributed by atoms with E-state index in [0.717, 1.165) is 12.0 Å². The molecule has 12 nitrogen and oxygen atoms in total. The maximum atomic E-state index is 14.1. The Morgan fingerprint density at radius 2 is 1.79 bits per heavy atom. The number of nitrogens with zero attached hydrogens (tertiary/aromatic N) is 1. The number of amides is 3. The van der Waals surface area contributed by atoms with Crippen LogP contribution in [0.2, 0.25) is 0 Å². The van der Waals surface area contributed by atoms with E-state index in [1.807, 2.05) is 44.2 Å². The Morgan fingerprint density at radius 1 is 1.07 bits per heavy atom. The van der Waals surface area contributed by atoms with Gasteiger partial charge in [0.25, 0.3) is 0 Å². The number of hydrogen-bond donors (Lipinski definition) is 2. The zero-order valence-corrected chi connectivity index (χ0v) is 26.7. The van der Waals surface area contributed by atoms with Crippen LogP contribution in [0.1, 0.15) is 90.5 Å². The van der Waals surface area contributed by atoms with Crippen LogP contribution in [0.25, 0.3) is 0 Å². The molecule has 1 fully saturated rings. The lowest BCUT2D eigenvalue weighted by atomic mass is 10.1. The quantitative estimate of drug-likeness (QED) is 0.0812. The SMILES string of the molecule is CCCC[C@@H](OC(=O)CCC)P(=O)(OC)OC(CCCCNC(=O)OCc1ccccc1)C(=O)[N+]1(C(=O)O)CCC[C@H]1C. The molecule has 13 heteroatoms. The van der Waals surface area contributed by atoms with Gasteiger partial charge in [-0.25, -0.2) is 9.59 Å². The molecule has 1 aliphatic heterocycles. The smallest absolute Gasteiger partial charge is 0.449 e. The van der Waals surface area contributed by atoms with E-state index in [1.165, 1.54) is 7.11 Å². The van der Waals surface area contributed by atoms with Gasteiger partial charge in [0.15, 0.2) is 6.10 Å². The highest BCUT2D eigenvalue weighted by molar-refractivity contribution is 7.54. The van der Waals surface area contributed by atoms with E-state index >= 15 is 0 Å². The number of alkyl carbamates (subject to hydrolysis) is 1. The molecule has 0 aromatic heterocycles. The monoisotopic (exact) mass is 627 g/mol. The van der Waals surface area contributed by atoms with Crippen molar-refractivity contribution in [3.63, 3.8) is 0 Å². The maximum Gasteiger partial charge on any atom is 0.521 e. The van der Waals surface area contributed by atoms with Crippen molar-refractivity contribution in [2.24, 2.45) is 0 Å². The average Bonchev–Trinajstić information content (AvgIpc) is 3.39. The van der Waals surface area contributed by atoms with Crippen LogP contribution in [-0.2, 0) is 39.3 Å². The minimum atomic E-state index is -4.21. The average molecular weight is 628 g/mol. The van der Waals surface area contributed by atoms with Crippen LogP contribution < -0.4 is 5.32 Å². The Labute approximate surface area is 254 Å². The molecule has 242 valence electrons. The number of imide groups is 1. The van der Waals surface area contributed by atoms with Gasteiger partial charge in [-0.15, -0.1) is 0 Å². The summed E-state index contributed by atoms with van der Waals surface area (Å²) >= 11 is 0. The van der Waals surface area contributed by atoms with Crippen molar-refractivity contribution in [3.8, 4) is 0 Å². The fourth-order valence-corrected chi connectivity index (χ4v) is 6.91. The minimum Gasteiger partial charge on any atom is -0.449 e. The third-order valence-corrected chi connectivity index (χ3v) is 9.80. The van der Waals surface area contributed by atoms with E-state index < -0.39 is 54.1 Å². The molecule has 1 heterocycles. The summed E-state index contributed by atoms with van der Waals surface area (Å²) < 4.78 is 35.3. The molecule has 0 spiro atoms. The summed E-state index contributed by atoms with van der Waals surface area (Å²) in [5.41, 5.74) is 0.850. The summed E-state index contributed by atoms with van der Waals surface area (Å²) in [7, 11) is -3.05. The summed E-state index contributed by atoms with van der Waals surface area (Å²) in [6.45, 7) is 5.89. The predicted octanol–water partition coefficient (Wildman–Crippen LogP) is 6.37. The van der Waals surface area contributed by atoms with Gasteiger partial charge in [0, 0.05) is 32.9 Å². The van der Waals surface area contributed by atoms with E-state index in [2.05, 4.69) is 5.32 Å². The summed E-state index contributed by atoms with van der Waals surface area (Å²) in [5.74, 6) is -2.51. The number of quaternary nitrogens is 1. The number of ether oxygens (including phenoxy) is 2. The zero-order chi connectivity index (χ0) is 31.9. The number of carboxylic acid groups (broad SMARTS) is 1. The van der Waals surface area contributed by atoms with Crippen LogP contribution in [0, 0.1) is 0 Å². The third-order valence-electron chi connectivity index (χ3n) is 7.68. The third kappa shape index (κ3) is 10.4. The standard InChI is InChI=1S/C30H47N2O10P/c1-5-7-19-27(41-26(33)14-6-2)43(38,39-4)42-25(28(34)32(30(36)37)21-13-15-23(32)3)18-11-12-20-31-29(35)40-22-24-16-9-8-10-17-24/h8-10,16-17,23,25,27H,5-7,11-15,18-22H2,1-4H3,(H-,31,35,36,37)/p+1/t23-,25?,27+,32?,43?/m1/s1. The normalized spacial score (nSPS) is 20.9. The molecule has 1 aromatic rings. The topological polar surface area (TPSA) is 155 Å². The molecule has 1 aliphatic rings. The number of esters is 1. The number of carbonyl (C=O) groups excluding carboxylic acids is 3. The Balaban J connectivity index is 2.16. The van der Waals surface area contributed by atoms with Crippen molar-refractivity contribution in [1.82, 2.24) is 5.32 Å². The van der Waals surface area contributed by atoms with Crippen molar-refractivity contribution in [3.05, 3.63) is 35.9 Å². The van der Waals surface area contributed by atoms with Gasteiger partial charge >= 0.3 is 31.7 Å². The number of rotatable bonds is 18. The highest BCUT2D eigenvalue weighted by Crippen LogP contribution is 2.56. The first kappa shape index (κ1) is 36.4. The van der Waals surface area contributed by atoms with Crippen molar-refractivity contribution < 1.29 is 51.9 Å². The Kier molecular flexibility index (Phi) is 15.3. The van der Waals surface area contributed by atoms with Crippen LogP contribution >= 0.6 is 7.60 Å². The molecular formula is C30H48N2O10P+. The van der Waals surface area contributed by atoms with Crippen molar-refractivity contribution in [2.45, 2.75) is 110 Å². The number of carbonyl (C=O) groups is 4. The lowest BCUT2D eigenvalue weighted by Crippen LogP contribution is -2.62. The highest BCUT2D eigenvalue weighted by Gasteiger charge is 2.57. The largest absolute Gasteiger partial charge is 0.521 e. The number of hydrogen-bond acceptors (Lipinski definition) is 9. The van der Waals surface area contributed by atoms with Gasteiger partial charge < -0.3 is 24.4 Å². The lowest BCUT2D eigenvalue weighted by molar-refractivity contribution is -0.794. The summed E-state index contributed by atoms with van der Waals surface area (Å²) in [5, 5.41) is 12.8. The van der Waals surface area contributed by atoms with Gasteiger partial charge in [0.1, 0.15) is 12.6 Å². The first-order chi connectivity index (χ1) is 20.5. The van der Waals surface area contributed by atoms with Gasteiger partial charge in [-0.05, 0) is 51.0 Å². The second kappa shape index (κ2) is 18.1. The van der Waals surface area contributed by atoms with Crippen molar-refractivity contribution in [2.75, 3.05) is 20.2 Å². The molecule has 43 heavy (non-hydrogen) atoms. The van der Waals surface area contributed by atoms with E-state index in [9.17, 15) is 28.8 Å². The van der Waals surface area contributed by atoms with Gasteiger partial charge in [0.05, 0.1) is 6.54 Å². The van der Waals surface area contributed by atoms with Gasteiger partial charge in [-0.3, -0.25) is 13.9 Å². The number of likely N-dealkylation sites (tertiary alicyclic amines) is 1. The lowest BCUT2D eigenvalue weighted by Gasteiger charge is -2.34. The van der Waals surface area contributed by atoms with E-state index in [1.54, 1.807) is 6.92 Å². The fraction of sp³-hybridized carbons (Fsp3) is 0.667. The summed E-state index contributed by atoms with van der Waals surface area (Å²) in [4.78, 5) is 50.9. The van der Waals surface area contributed by atoms with Crippen LogP contribution in [0.15, 0.2) is 30.3 Å². The Morgan fingerprint density at radius 3 is 2.37 bits per heavy atom. The molecule has 2 N–H and O–H groups in total. The molecule has 2 rings (SSSR count). The molecule has 1 saturated heterocycles. The molecule has 3 amide bonds. The second-order valence-electron chi connectivity index (χ2n) is 10.8. The molecular weight excluding hydrogens is 579 g/mol. The Hall–Kier alpha value is -2.79. The van der Waals surface area contributed by atoms with Crippen LogP contribution in [0.3, 0.4) is 0 Å². The summed E-state index contributed by atoms with van der Waals surface area (Å²) in [6.07, 6.45) is 0.700. The maximum absolute atomic E-state index is 14.1. The summed E-state index contributed by atoms with van der Waals surface area (Å²) in [6, 6.07) is 8.74. The van der Waals surface area contributed by atoms with Gasteiger partial charge in [-0.2, -0.15) is 9.28 Å². The van der Waals surface area contributed by atoms with Crippen LogP contribution in [-0.4, -0.2) is 71.8 Å².